The molecule has 1 nitrogen and oxygen atoms in total. The second kappa shape index (κ2) is 4.83. The number of ether oxygens (including phenoxy) is 1. The molecule has 1 unspecified atom stereocenters. The lowest BCUT2D eigenvalue weighted by Gasteiger charge is -2.15. The molecule has 2 rings (SSSR count). The molecule has 0 fully saturated rings. The van der Waals surface area contributed by atoms with E-state index in [2.05, 4.69) is 37.3 Å². The van der Waals surface area contributed by atoms with Crippen LogP contribution in [0.15, 0.2) is 48.6 Å². The Morgan fingerprint density at radius 3 is 2.87 bits per heavy atom. The number of hydrogen-bond acceptors (Lipinski definition) is 1. The lowest BCUT2D eigenvalue weighted by molar-refractivity contribution is 0.274. The van der Waals surface area contributed by atoms with Crippen LogP contribution in [0.5, 0.6) is 5.75 Å². The van der Waals surface area contributed by atoms with Crippen molar-refractivity contribution in [1.82, 2.24) is 0 Å². The van der Waals surface area contributed by atoms with Crippen molar-refractivity contribution in [2.24, 2.45) is 5.92 Å². The Balaban J connectivity index is 1.91. The predicted molar refractivity (Wildman–Crippen MR) is 63.1 cm³/mol. The lowest BCUT2D eigenvalue weighted by atomic mass is 10.0. The van der Waals surface area contributed by atoms with E-state index in [1.807, 2.05) is 18.2 Å². The summed E-state index contributed by atoms with van der Waals surface area (Å²) in [6, 6.07) is 8.15. The van der Waals surface area contributed by atoms with Crippen LogP contribution in [0.4, 0.5) is 0 Å². The second-order valence-corrected chi connectivity index (χ2v) is 3.89. The Morgan fingerprint density at radius 2 is 2.13 bits per heavy atom. The maximum atomic E-state index is 5.79. The van der Waals surface area contributed by atoms with Crippen LogP contribution in [-0.4, -0.2) is 6.61 Å². The van der Waals surface area contributed by atoms with Gasteiger partial charge in [-0.05, 0) is 25.0 Å². The standard InChI is InChI=1S/C14H16O/c1-12-7-5-6-10-14(12)15-11-13-8-3-2-4-9-13/h2-8,10,13H,9,11H2,1H3. The summed E-state index contributed by atoms with van der Waals surface area (Å²) in [5.41, 5.74) is 1.20. The number of para-hydroxylation sites is 1. The summed E-state index contributed by atoms with van der Waals surface area (Å²) in [6.45, 7) is 2.84. The van der Waals surface area contributed by atoms with Crippen molar-refractivity contribution in [3.8, 4) is 5.75 Å². The van der Waals surface area contributed by atoms with Gasteiger partial charge in [0, 0.05) is 5.92 Å². The molecule has 1 aromatic rings. The van der Waals surface area contributed by atoms with Gasteiger partial charge in [0.05, 0.1) is 6.61 Å². The van der Waals surface area contributed by atoms with Crippen molar-refractivity contribution < 1.29 is 4.74 Å². The SMILES string of the molecule is Cc1ccccc1OCC1C=CC=CC1. The maximum absolute atomic E-state index is 5.79. The summed E-state index contributed by atoms with van der Waals surface area (Å²) in [7, 11) is 0. The second-order valence-electron chi connectivity index (χ2n) is 3.89. The molecule has 15 heavy (non-hydrogen) atoms. The van der Waals surface area contributed by atoms with Crippen LogP contribution in [-0.2, 0) is 0 Å². The molecular weight excluding hydrogens is 184 g/mol. The highest BCUT2D eigenvalue weighted by Crippen LogP contribution is 2.19. The molecule has 0 amide bonds. The third-order valence-electron chi connectivity index (χ3n) is 2.62. The third kappa shape index (κ3) is 2.72. The van der Waals surface area contributed by atoms with Gasteiger partial charge in [-0.3, -0.25) is 0 Å². The fourth-order valence-corrected chi connectivity index (χ4v) is 1.67. The highest BCUT2D eigenvalue weighted by atomic mass is 16.5. The van der Waals surface area contributed by atoms with Gasteiger partial charge in [0.15, 0.2) is 0 Å². The molecule has 0 heterocycles. The highest BCUT2D eigenvalue weighted by molar-refractivity contribution is 5.31. The summed E-state index contributed by atoms with van der Waals surface area (Å²) in [5.74, 6) is 1.52. The van der Waals surface area contributed by atoms with Gasteiger partial charge in [0.25, 0.3) is 0 Å². The van der Waals surface area contributed by atoms with E-state index < -0.39 is 0 Å². The van der Waals surface area contributed by atoms with Crippen molar-refractivity contribution in [1.29, 1.82) is 0 Å². The molecule has 1 aliphatic rings. The third-order valence-corrected chi connectivity index (χ3v) is 2.62. The first-order valence-electron chi connectivity index (χ1n) is 5.38. The van der Waals surface area contributed by atoms with Crippen molar-refractivity contribution >= 4 is 0 Å². The number of allylic oxidation sites excluding steroid dienone is 3. The number of hydrogen-bond donors (Lipinski definition) is 0. The highest BCUT2D eigenvalue weighted by Gasteiger charge is 2.06. The predicted octanol–water partition coefficient (Wildman–Crippen LogP) is 3.51. The van der Waals surface area contributed by atoms with E-state index >= 15 is 0 Å². The quantitative estimate of drug-likeness (QED) is 0.725. The molecule has 0 bridgehead atoms. The van der Waals surface area contributed by atoms with Crippen LogP contribution in [0.25, 0.3) is 0 Å². The molecule has 0 aliphatic heterocycles. The molecule has 0 saturated heterocycles. The van der Waals surface area contributed by atoms with Crippen molar-refractivity contribution in [2.75, 3.05) is 6.61 Å². The molecule has 0 radical (unpaired) electrons. The first-order chi connectivity index (χ1) is 7.36. The van der Waals surface area contributed by atoms with E-state index in [9.17, 15) is 0 Å². The molecule has 0 aromatic heterocycles. The van der Waals surface area contributed by atoms with Gasteiger partial charge in [-0.25, -0.2) is 0 Å². The van der Waals surface area contributed by atoms with Gasteiger partial charge in [-0.2, -0.15) is 0 Å². The molecule has 0 N–H and O–H groups in total. The van der Waals surface area contributed by atoms with E-state index in [1.54, 1.807) is 0 Å². The Kier molecular flexibility index (Phi) is 3.23. The van der Waals surface area contributed by atoms with Gasteiger partial charge >= 0.3 is 0 Å². The molecule has 1 atom stereocenters. The van der Waals surface area contributed by atoms with Crippen LogP contribution in [0, 0.1) is 12.8 Å². The van der Waals surface area contributed by atoms with E-state index in [-0.39, 0.29) is 0 Å². The van der Waals surface area contributed by atoms with E-state index in [0.29, 0.717) is 5.92 Å². The van der Waals surface area contributed by atoms with Crippen molar-refractivity contribution in [3.05, 3.63) is 54.1 Å². The maximum Gasteiger partial charge on any atom is 0.122 e. The van der Waals surface area contributed by atoms with Gasteiger partial charge in [-0.15, -0.1) is 0 Å². The average Bonchev–Trinajstić information content (AvgIpc) is 2.29. The minimum atomic E-state index is 0.523. The largest absolute Gasteiger partial charge is 0.493 e. The van der Waals surface area contributed by atoms with Crippen LogP contribution in [0.1, 0.15) is 12.0 Å². The van der Waals surface area contributed by atoms with Gasteiger partial charge < -0.3 is 4.74 Å². The number of aryl methyl sites for hydroxylation is 1. The Morgan fingerprint density at radius 1 is 1.27 bits per heavy atom. The Labute approximate surface area is 91.1 Å². The zero-order chi connectivity index (χ0) is 10.5. The lowest BCUT2D eigenvalue weighted by Crippen LogP contribution is -2.10. The monoisotopic (exact) mass is 200 g/mol. The minimum Gasteiger partial charge on any atom is -0.493 e. The van der Waals surface area contributed by atoms with Crippen molar-refractivity contribution in [3.63, 3.8) is 0 Å². The van der Waals surface area contributed by atoms with E-state index in [0.717, 1.165) is 18.8 Å². The molecule has 0 saturated carbocycles. The Hall–Kier alpha value is -1.50. The molecule has 78 valence electrons. The van der Waals surface area contributed by atoms with Crippen LogP contribution in [0.3, 0.4) is 0 Å². The smallest absolute Gasteiger partial charge is 0.122 e. The summed E-state index contributed by atoms with van der Waals surface area (Å²) in [4.78, 5) is 0. The van der Waals surface area contributed by atoms with Crippen LogP contribution >= 0.6 is 0 Å². The summed E-state index contributed by atoms with van der Waals surface area (Å²) in [5, 5.41) is 0. The molecule has 0 spiro atoms. The minimum absolute atomic E-state index is 0.523. The number of rotatable bonds is 3. The molecule has 1 aromatic carbocycles. The normalized spacial score (nSPS) is 19.1. The van der Waals surface area contributed by atoms with E-state index in [1.165, 1.54) is 5.56 Å². The van der Waals surface area contributed by atoms with Crippen LogP contribution in [0.2, 0.25) is 0 Å². The zero-order valence-electron chi connectivity index (χ0n) is 9.02. The molecular formula is C14H16O. The molecule has 1 aliphatic carbocycles. The first kappa shape index (κ1) is 10.0. The fourth-order valence-electron chi connectivity index (χ4n) is 1.67. The topological polar surface area (TPSA) is 9.23 Å². The summed E-state index contributed by atoms with van der Waals surface area (Å²) < 4.78 is 5.79. The fraction of sp³-hybridized carbons (Fsp3) is 0.286. The van der Waals surface area contributed by atoms with E-state index in [4.69, 9.17) is 4.74 Å². The summed E-state index contributed by atoms with van der Waals surface area (Å²) in [6.07, 6.45) is 9.66. The van der Waals surface area contributed by atoms with Gasteiger partial charge in [-0.1, -0.05) is 42.5 Å². The van der Waals surface area contributed by atoms with Crippen LogP contribution < -0.4 is 4.74 Å². The first-order valence-corrected chi connectivity index (χ1v) is 5.38. The van der Waals surface area contributed by atoms with Gasteiger partial charge in [0.1, 0.15) is 5.75 Å². The van der Waals surface area contributed by atoms with Gasteiger partial charge in [0.2, 0.25) is 0 Å². The van der Waals surface area contributed by atoms with Crippen molar-refractivity contribution in [2.45, 2.75) is 13.3 Å². The number of benzene rings is 1. The zero-order valence-corrected chi connectivity index (χ0v) is 9.02. The molecule has 1 heteroatoms. The average molecular weight is 200 g/mol. The summed E-state index contributed by atoms with van der Waals surface area (Å²) >= 11 is 0. The Bertz CT molecular complexity index is 377.